The molecule has 0 radical (unpaired) electrons. The first kappa shape index (κ1) is 14.1. The monoisotopic (exact) mass is 279 g/mol. The average molecular weight is 279 g/mol. The van der Waals surface area contributed by atoms with E-state index >= 15 is 0 Å². The van der Waals surface area contributed by atoms with E-state index in [0.717, 1.165) is 38.6 Å². The molecule has 0 aromatic heterocycles. The van der Waals surface area contributed by atoms with Crippen molar-refractivity contribution < 1.29 is 14.5 Å². The van der Waals surface area contributed by atoms with Crippen LogP contribution in [0.3, 0.4) is 0 Å². The van der Waals surface area contributed by atoms with Gasteiger partial charge in [0.15, 0.2) is 0 Å². The summed E-state index contributed by atoms with van der Waals surface area (Å²) in [5.41, 5.74) is 0. The van der Waals surface area contributed by atoms with E-state index in [4.69, 9.17) is 0 Å². The van der Waals surface area contributed by atoms with Gasteiger partial charge in [0.05, 0.1) is 31.5 Å². The summed E-state index contributed by atoms with van der Waals surface area (Å²) in [4.78, 5) is 27.9. The van der Waals surface area contributed by atoms with Gasteiger partial charge in [-0.3, -0.25) is 14.5 Å². The van der Waals surface area contributed by atoms with E-state index in [1.807, 2.05) is 0 Å². The summed E-state index contributed by atoms with van der Waals surface area (Å²) in [6.07, 6.45) is 9.12. The van der Waals surface area contributed by atoms with Gasteiger partial charge in [-0.2, -0.15) is 0 Å². The summed E-state index contributed by atoms with van der Waals surface area (Å²) >= 11 is 0. The van der Waals surface area contributed by atoms with Crippen molar-refractivity contribution in [3.05, 3.63) is 0 Å². The average Bonchev–Trinajstić information content (AvgIpc) is 2.74. The normalized spacial score (nSPS) is 31.7. The number of carbonyl (C=O) groups excluding carboxylic acids is 2. The van der Waals surface area contributed by atoms with E-state index in [1.165, 1.54) is 32.4 Å². The summed E-state index contributed by atoms with van der Waals surface area (Å²) < 4.78 is 0. The van der Waals surface area contributed by atoms with Crippen LogP contribution in [0.4, 0.5) is 0 Å². The topological polar surface area (TPSA) is 41.8 Å². The molecule has 2 aliphatic heterocycles. The lowest BCUT2D eigenvalue weighted by Crippen LogP contribution is -3.12. The van der Waals surface area contributed by atoms with Crippen LogP contribution in [0, 0.1) is 11.8 Å². The molecule has 1 N–H and O–H groups in total. The van der Waals surface area contributed by atoms with Crippen molar-refractivity contribution in [3.63, 3.8) is 0 Å². The quantitative estimate of drug-likeness (QED) is 0.767. The number of amides is 2. The van der Waals surface area contributed by atoms with Crippen molar-refractivity contribution in [1.82, 2.24) is 4.90 Å². The van der Waals surface area contributed by atoms with E-state index in [9.17, 15) is 9.59 Å². The van der Waals surface area contributed by atoms with Gasteiger partial charge in [0.25, 0.3) is 0 Å². The fourth-order valence-corrected chi connectivity index (χ4v) is 4.24. The Morgan fingerprint density at radius 2 is 1.50 bits per heavy atom. The number of nitrogens with zero attached hydrogens (tertiary/aromatic N) is 1. The molecule has 4 nitrogen and oxygen atoms in total. The highest BCUT2D eigenvalue weighted by Gasteiger charge is 2.47. The number of hydrogen-bond acceptors (Lipinski definition) is 2. The third kappa shape index (κ3) is 2.76. The van der Waals surface area contributed by atoms with Crippen LogP contribution < -0.4 is 4.90 Å². The summed E-state index contributed by atoms with van der Waals surface area (Å²) in [5, 5.41) is 0. The minimum Gasteiger partial charge on any atom is -0.335 e. The van der Waals surface area contributed by atoms with Gasteiger partial charge in [0.2, 0.25) is 11.8 Å². The highest BCUT2D eigenvalue weighted by molar-refractivity contribution is 6.05. The van der Waals surface area contributed by atoms with Crippen molar-refractivity contribution >= 4 is 11.8 Å². The van der Waals surface area contributed by atoms with Gasteiger partial charge in [-0.05, 0) is 32.1 Å². The molecule has 0 aromatic carbocycles. The van der Waals surface area contributed by atoms with Crippen LogP contribution in [0.15, 0.2) is 0 Å². The molecule has 2 amide bonds. The Morgan fingerprint density at radius 3 is 2.10 bits per heavy atom. The maximum atomic E-state index is 12.3. The first-order valence-corrected chi connectivity index (χ1v) is 8.46. The number of carbonyl (C=O) groups is 2. The Balaban J connectivity index is 1.49. The fourth-order valence-electron chi connectivity index (χ4n) is 4.24. The number of hydrogen-bond donors (Lipinski definition) is 1. The second-order valence-electron chi connectivity index (χ2n) is 6.74. The van der Waals surface area contributed by atoms with Gasteiger partial charge in [-0.25, -0.2) is 0 Å². The Hall–Kier alpha value is -0.900. The summed E-state index contributed by atoms with van der Waals surface area (Å²) in [7, 11) is 0. The SMILES string of the molecule is O=C1C2CCCCC2C(=O)N1CCC[NH+]1CCCCC1. The molecule has 0 bridgehead atoms. The molecule has 0 spiro atoms. The Kier molecular flexibility index (Phi) is 4.39. The second-order valence-corrected chi connectivity index (χ2v) is 6.74. The van der Waals surface area contributed by atoms with Crippen LogP contribution in [0.5, 0.6) is 0 Å². The lowest BCUT2D eigenvalue weighted by molar-refractivity contribution is -0.905. The maximum Gasteiger partial charge on any atom is 0.233 e. The number of rotatable bonds is 4. The summed E-state index contributed by atoms with van der Waals surface area (Å²) in [6, 6.07) is 0. The Morgan fingerprint density at radius 1 is 0.900 bits per heavy atom. The number of likely N-dealkylation sites (tertiary alicyclic amines) is 2. The largest absolute Gasteiger partial charge is 0.335 e. The van der Waals surface area contributed by atoms with Crippen molar-refractivity contribution in [1.29, 1.82) is 0 Å². The van der Waals surface area contributed by atoms with Crippen molar-refractivity contribution in [2.75, 3.05) is 26.2 Å². The molecule has 112 valence electrons. The third-order valence-corrected chi connectivity index (χ3v) is 5.41. The lowest BCUT2D eigenvalue weighted by Gasteiger charge is -2.24. The van der Waals surface area contributed by atoms with E-state index in [-0.39, 0.29) is 23.7 Å². The zero-order valence-electron chi connectivity index (χ0n) is 12.4. The van der Waals surface area contributed by atoms with E-state index in [1.54, 1.807) is 9.80 Å². The molecule has 2 heterocycles. The van der Waals surface area contributed by atoms with Crippen molar-refractivity contribution in [2.24, 2.45) is 11.8 Å². The van der Waals surface area contributed by atoms with Crippen LogP contribution in [-0.4, -0.2) is 42.9 Å². The first-order chi connectivity index (χ1) is 9.77. The first-order valence-electron chi connectivity index (χ1n) is 8.46. The molecule has 20 heavy (non-hydrogen) atoms. The van der Waals surface area contributed by atoms with E-state index in [2.05, 4.69) is 0 Å². The Bertz CT molecular complexity index is 353. The van der Waals surface area contributed by atoms with Gasteiger partial charge in [-0.15, -0.1) is 0 Å². The van der Waals surface area contributed by atoms with Crippen LogP contribution in [-0.2, 0) is 9.59 Å². The predicted molar refractivity (Wildman–Crippen MR) is 76.2 cm³/mol. The van der Waals surface area contributed by atoms with Crippen LogP contribution >= 0.6 is 0 Å². The molecule has 2 atom stereocenters. The Labute approximate surface area is 121 Å². The zero-order valence-corrected chi connectivity index (χ0v) is 12.4. The van der Waals surface area contributed by atoms with E-state index < -0.39 is 0 Å². The summed E-state index contributed by atoms with van der Waals surface area (Å²) in [6.45, 7) is 4.32. The fraction of sp³-hybridized carbons (Fsp3) is 0.875. The van der Waals surface area contributed by atoms with Crippen LogP contribution in [0.25, 0.3) is 0 Å². The molecule has 0 aromatic rings. The lowest BCUT2D eigenvalue weighted by atomic mass is 9.81. The third-order valence-electron chi connectivity index (χ3n) is 5.41. The zero-order chi connectivity index (χ0) is 13.9. The second kappa shape index (κ2) is 6.25. The van der Waals surface area contributed by atoms with E-state index in [0.29, 0.717) is 6.54 Å². The molecule has 2 saturated heterocycles. The number of fused-ring (bicyclic) bond motifs is 1. The van der Waals surface area contributed by atoms with Gasteiger partial charge in [0, 0.05) is 13.0 Å². The van der Waals surface area contributed by atoms with Gasteiger partial charge in [-0.1, -0.05) is 12.8 Å². The molecule has 1 aliphatic carbocycles. The standard InChI is InChI=1S/C16H26N2O2/c19-15-13-7-2-3-8-14(13)16(20)18(15)12-6-11-17-9-4-1-5-10-17/h13-14H,1-12H2/p+1. The molecule has 4 heteroatoms. The minimum absolute atomic E-state index is 0.0265. The highest BCUT2D eigenvalue weighted by Crippen LogP contribution is 2.37. The highest BCUT2D eigenvalue weighted by atomic mass is 16.2. The maximum absolute atomic E-state index is 12.3. The molecular formula is C16H27N2O2+. The minimum atomic E-state index is 0.0265. The number of nitrogens with one attached hydrogen (secondary N) is 1. The molecule has 3 fully saturated rings. The van der Waals surface area contributed by atoms with Gasteiger partial charge < -0.3 is 4.90 Å². The number of piperidine rings is 1. The van der Waals surface area contributed by atoms with Crippen LogP contribution in [0.2, 0.25) is 0 Å². The smallest absolute Gasteiger partial charge is 0.233 e. The van der Waals surface area contributed by atoms with Crippen molar-refractivity contribution in [2.45, 2.75) is 51.4 Å². The number of quaternary nitrogens is 1. The molecule has 2 unspecified atom stereocenters. The van der Waals surface area contributed by atoms with Crippen LogP contribution in [0.1, 0.15) is 51.4 Å². The molecule has 1 saturated carbocycles. The summed E-state index contributed by atoms with van der Waals surface area (Å²) in [5.74, 6) is 0.318. The predicted octanol–water partition coefficient (Wildman–Crippen LogP) is 0.621. The van der Waals surface area contributed by atoms with Gasteiger partial charge in [0.1, 0.15) is 0 Å². The van der Waals surface area contributed by atoms with Crippen molar-refractivity contribution in [3.8, 4) is 0 Å². The molecule has 3 rings (SSSR count). The van der Waals surface area contributed by atoms with Gasteiger partial charge >= 0.3 is 0 Å². The molecule has 3 aliphatic rings. The number of imide groups is 1. The molecular weight excluding hydrogens is 252 g/mol.